The molecule has 2 heterocycles. The average Bonchev–Trinajstić information content (AvgIpc) is 2.92. The molecule has 0 saturated carbocycles. The fraction of sp³-hybridized carbons (Fsp3) is 0.194. The predicted molar refractivity (Wildman–Crippen MR) is 154 cm³/mol. The number of aromatic nitrogens is 1. The van der Waals surface area contributed by atoms with Crippen molar-refractivity contribution in [2.45, 2.75) is 25.6 Å². The van der Waals surface area contributed by atoms with E-state index in [1.165, 1.54) is 30.3 Å². The molecular formula is C31H26ClF2N3O5. The normalized spacial score (nSPS) is 14.1. The minimum atomic E-state index is -1.19. The predicted octanol–water partition coefficient (Wildman–Crippen LogP) is 6.34. The van der Waals surface area contributed by atoms with Gasteiger partial charge in [-0.2, -0.15) is 0 Å². The molecular weight excluding hydrogens is 568 g/mol. The van der Waals surface area contributed by atoms with E-state index >= 15 is 4.39 Å². The zero-order valence-electron chi connectivity index (χ0n) is 22.2. The number of halogens is 3. The Kier molecular flexibility index (Phi) is 8.94. The topological polar surface area (TPSA) is 110 Å². The number of pyridine rings is 1. The van der Waals surface area contributed by atoms with Gasteiger partial charge in [0.1, 0.15) is 18.2 Å². The van der Waals surface area contributed by atoms with Crippen LogP contribution in [0.25, 0.3) is 11.3 Å². The number of carbonyl (C=O) groups excluding carboxylic acids is 1. The average molecular weight is 594 g/mol. The summed E-state index contributed by atoms with van der Waals surface area (Å²) in [6, 6.07) is 18.0. The minimum absolute atomic E-state index is 0.0248. The van der Waals surface area contributed by atoms with Crippen molar-refractivity contribution in [3.63, 3.8) is 0 Å². The third-order valence-corrected chi connectivity index (χ3v) is 6.90. The van der Waals surface area contributed by atoms with Crippen LogP contribution in [0.2, 0.25) is 5.02 Å². The molecule has 3 N–H and O–H groups in total. The lowest BCUT2D eigenvalue weighted by Crippen LogP contribution is -2.33. The lowest BCUT2D eigenvalue weighted by molar-refractivity contribution is -0.115. The molecule has 4 aromatic rings. The molecule has 0 spiro atoms. The molecule has 1 amide bonds. The van der Waals surface area contributed by atoms with Gasteiger partial charge in [0.2, 0.25) is 11.8 Å². The van der Waals surface area contributed by atoms with Crippen LogP contribution < -0.4 is 15.4 Å². The SMILES string of the molecule is O=C(Cc1ccc(-c2cccc(OCc3ccc(Cl)cc3F)n2)c(F)c1)Nc1c(NCC2CCO2)cccc1C(=O)O. The maximum Gasteiger partial charge on any atom is 0.337 e. The Bertz CT molecular complexity index is 1630. The van der Waals surface area contributed by atoms with Gasteiger partial charge in [0.05, 0.1) is 35.2 Å². The second-order valence-corrected chi connectivity index (χ2v) is 10.1. The summed E-state index contributed by atoms with van der Waals surface area (Å²) in [4.78, 5) is 29.1. The largest absolute Gasteiger partial charge is 0.478 e. The summed E-state index contributed by atoms with van der Waals surface area (Å²) >= 11 is 5.79. The standard InChI is InChI=1S/C31H26ClF2N3O5/c32-20-9-8-19(24(33)15-20)17-42-29-6-2-4-26(36-29)22-10-7-18(13-25(22)34)14-28(38)37-30-23(31(39)40)3-1-5-27(30)35-16-21-11-12-41-21/h1-10,13,15,21,35H,11-12,14,16-17H2,(H,37,38)(H,39,40). The van der Waals surface area contributed by atoms with Gasteiger partial charge in [0, 0.05) is 35.4 Å². The Morgan fingerprint density at radius 3 is 2.57 bits per heavy atom. The number of rotatable bonds is 11. The van der Waals surface area contributed by atoms with Crippen molar-refractivity contribution in [2.24, 2.45) is 0 Å². The second-order valence-electron chi connectivity index (χ2n) is 9.62. The fourth-order valence-corrected chi connectivity index (χ4v) is 4.52. The van der Waals surface area contributed by atoms with Gasteiger partial charge in [0.15, 0.2) is 0 Å². The van der Waals surface area contributed by atoms with Crippen molar-refractivity contribution < 1.29 is 33.0 Å². The number of para-hydroxylation sites is 1. The highest BCUT2D eigenvalue weighted by molar-refractivity contribution is 6.30. The van der Waals surface area contributed by atoms with Crippen molar-refractivity contribution in [1.29, 1.82) is 0 Å². The highest BCUT2D eigenvalue weighted by Gasteiger charge is 2.21. The number of nitrogens with zero attached hydrogens (tertiary/aromatic N) is 1. The number of aromatic carboxylic acids is 1. The molecule has 11 heteroatoms. The van der Waals surface area contributed by atoms with Crippen molar-refractivity contribution in [3.05, 3.63) is 106 Å². The van der Waals surface area contributed by atoms with Crippen LogP contribution in [0.15, 0.2) is 72.8 Å². The van der Waals surface area contributed by atoms with E-state index in [1.54, 1.807) is 42.5 Å². The number of hydrogen-bond donors (Lipinski definition) is 3. The lowest BCUT2D eigenvalue weighted by atomic mass is 10.0. The van der Waals surface area contributed by atoms with Crippen LogP contribution in [-0.4, -0.2) is 41.2 Å². The molecule has 0 radical (unpaired) electrons. The Morgan fingerprint density at radius 2 is 1.86 bits per heavy atom. The summed E-state index contributed by atoms with van der Waals surface area (Å²) in [6.07, 6.45) is 0.724. The van der Waals surface area contributed by atoms with Gasteiger partial charge in [0.25, 0.3) is 0 Å². The smallest absolute Gasteiger partial charge is 0.337 e. The molecule has 8 nitrogen and oxygen atoms in total. The van der Waals surface area contributed by atoms with Gasteiger partial charge in [-0.3, -0.25) is 4.79 Å². The summed E-state index contributed by atoms with van der Waals surface area (Å²) in [7, 11) is 0. The summed E-state index contributed by atoms with van der Waals surface area (Å²) in [6.45, 7) is 1.06. The molecule has 1 unspecified atom stereocenters. The number of carboxylic acids is 1. The van der Waals surface area contributed by atoms with E-state index in [9.17, 15) is 19.1 Å². The van der Waals surface area contributed by atoms with Gasteiger partial charge < -0.3 is 25.2 Å². The molecule has 1 aliphatic heterocycles. The monoisotopic (exact) mass is 593 g/mol. The minimum Gasteiger partial charge on any atom is -0.478 e. The van der Waals surface area contributed by atoms with Gasteiger partial charge >= 0.3 is 5.97 Å². The molecule has 216 valence electrons. The number of ether oxygens (including phenoxy) is 2. The van der Waals surface area contributed by atoms with E-state index in [1.807, 2.05) is 0 Å². The van der Waals surface area contributed by atoms with Gasteiger partial charge in [-0.1, -0.05) is 35.9 Å². The molecule has 42 heavy (non-hydrogen) atoms. The number of nitrogens with one attached hydrogen (secondary N) is 2. The van der Waals surface area contributed by atoms with Crippen LogP contribution in [0.3, 0.4) is 0 Å². The van der Waals surface area contributed by atoms with Crippen molar-refractivity contribution in [3.8, 4) is 17.1 Å². The number of hydrogen-bond acceptors (Lipinski definition) is 6. The van der Waals surface area contributed by atoms with E-state index in [-0.39, 0.29) is 46.8 Å². The van der Waals surface area contributed by atoms with Crippen LogP contribution in [-0.2, 0) is 22.6 Å². The molecule has 1 aromatic heterocycles. The number of carboxylic acid groups (broad SMARTS) is 1. The summed E-state index contributed by atoms with van der Waals surface area (Å²) < 4.78 is 40.2. The number of carbonyl (C=O) groups is 2. The molecule has 3 aromatic carbocycles. The van der Waals surface area contributed by atoms with Crippen molar-refractivity contribution in [1.82, 2.24) is 4.98 Å². The first-order valence-corrected chi connectivity index (χ1v) is 13.5. The first-order chi connectivity index (χ1) is 20.3. The highest BCUT2D eigenvalue weighted by atomic mass is 35.5. The van der Waals surface area contributed by atoms with E-state index in [2.05, 4.69) is 15.6 Å². The number of anilines is 2. The molecule has 0 aliphatic carbocycles. The molecule has 1 aliphatic rings. The molecule has 1 atom stereocenters. The van der Waals surface area contributed by atoms with Crippen LogP contribution in [0, 0.1) is 11.6 Å². The van der Waals surface area contributed by atoms with E-state index in [4.69, 9.17) is 21.1 Å². The third kappa shape index (κ3) is 7.02. The Balaban J connectivity index is 1.26. The van der Waals surface area contributed by atoms with Crippen LogP contribution in [0.5, 0.6) is 5.88 Å². The highest BCUT2D eigenvalue weighted by Crippen LogP contribution is 2.29. The Labute approximate surface area is 245 Å². The fourth-order valence-electron chi connectivity index (χ4n) is 4.36. The van der Waals surface area contributed by atoms with Gasteiger partial charge in [-0.05, 0) is 54.4 Å². The summed E-state index contributed by atoms with van der Waals surface area (Å²) in [5, 5.41) is 15.7. The lowest BCUT2D eigenvalue weighted by Gasteiger charge is -2.27. The molecule has 1 saturated heterocycles. The van der Waals surface area contributed by atoms with Gasteiger partial charge in [-0.15, -0.1) is 0 Å². The second kappa shape index (κ2) is 13.0. The molecule has 5 rings (SSSR count). The van der Waals surface area contributed by atoms with Crippen LogP contribution in [0.4, 0.5) is 20.2 Å². The van der Waals surface area contributed by atoms with Crippen LogP contribution >= 0.6 is 11.6 Å². The maximum absolute atomic E-state index is 15.2. The first-order valence-electron chi connectivity index (χ1n) is 13.1. The van der Waals surface area contributed by atoms with E-state index in [0.717, 1.165) is 6.42 Å². The van der Waals surface area contributed by atoms with Crippen LogP contribution in [0.1, 0.15) is 27.9 Å². The maximum atomic E-state index is 15.2. The van der Waals surface area contributed by atoms with E-state index in [0.29, 0.717) is 35.7 Å². The van der Waals surface area contributed by atoms with E-state index < -0.39 is 23.5 Å². The number of benzene rings is 3. The van der Waals surface area contributed by atoms with Crippen molar-refractivity contribution in [2.75, 3.05) is 23.8 Å². The summed E-state index contributed by atoms with van der Waals surface area (Å²) in [5.41, 5.74) is 1.66. The Morgan fingerprint density at radius 1 is 1.05 bits per heavy atom. The number of amides is 1. The molecule has 0 bridgehead atoms. The van der Waals surface area contributed by atoms with Crippen molar-refractivity contribution >= 4 is 34.9 Å². The summed E-state index contributed by atoms with van der Waals surface area (Å²) in [5.74, 6) is -2.65. The quantitative estimate of drug-likeness (QED) is 0.186. The zero-order chi connectivity index (χ0) is 29.6. The van der Waals surface area contributed by atoms with Gasteiger partial charge in [-0.25, -0.2) is 18.6 Å². The molecule has 1 fully saturated rings. The Hall–Kier alpha value is -4.54. The third-order valence-electron chi connectivity index (χ3n) is 6.66. The first kappa shape index (κ1) is 29.0. The zero-order valence-corrected chi connectivity index (χ0v) is 23.0.